The lowest BCUT2D eigenvalue weighted by Gasteiger charge is -2.46. The van der Waals surface area contributed by atoms with Crippen LogP contribution in [0.3, 0.4) is 0 Å². The Morgan fingerprint density at radius 1 is 0.381 bits per heavy atom. The molecule has 0 aromatic carbocycles. The van der Waals surface area contributed by atoms with E-state index < -0.39 is 86.8 Å². The van der Waals surface area contributed by atoms with Crippen LogP contribution in [0, 0.1) is 0 Å². The molecule has 0 radical (unpaired) electrons. The molecule has 14 nitrogen and oxygen atoms in total. The van der Waals surface area contributed by atoms with Gasteiger partial charge in [0.05, 0.1) is 32.0 Å². The fourth-order valence-corrected chi connectivity index (χ4v) is 13.3. The van der Waals surface area contributed by atoms with Crippen molar-refractivity contribution in [1.82, 2.24) is 5.32 Å². The maximum Gasteiger partial charge on any atom is 0.220 e. The molecule has 12 atom stereocenters. The van der Waals surface area contributed by atoms with Crippen LogP contribution in [0.5, 0.6) is 0 Å². The van der Waals surface area contributed by atoms with Crippen LogP contribution in [0.4, 0.5) is 0 Å². The molecule has 2 heterocycles. The molecule has 2 saturated heterocycles. The third kappa shape index (κ3) is 49.6. The molecule has 0 aromatic heterocycles. The molecule has 14 heteroatoms. The summed E-state index contributed by atoms with van der Waals surface area (Å²) in [6.45, 7) is 2.80. The smallest absolute Gasteiger partial charge is 0.220 e. The number of hydrogen-bond donors (Lipinski definition) is 9. The van der Waals surface area contributed by atoms with E-state index in [1.165, 1.54) is 238 Å². The van der Waals surface area contributed by atoms with Crippen LogP contribution in [0.1, 0.15) is 354 Å². The molecule has 0 aromatic rings. The van der Waals surface area contributed by atoms with Crippen LogP contribution >= 0.6 is 0 Å². The number of hydrogen-bond acceptors (Lipinski definition) is 13. The third-order valence-corrected chi connectivity index (χ3v) is 19.7. The summed E-state index contributed by atoms with van der Waals surface area (Å²) in [5.74, 6) is -0.204. The number of aliphatic hydroxyl groups excluding tert-OH is 8. The minimum atomic E-state index is -1.79. The Balaban J connectivity index is 1.61. The van der Waals surface area contributed by atoms with Crippen molar-refractivity contribution in [3.63, 3.8) is 0 Å². The van der Waals surface area contributed by atoms with E-state index in [1.807, 2.05) is 0 Å². The fraction of sp³-hybridized carbons (Fsp3) is 0.843. The first-order valence-corrected chi connectivity index (χ1v) is 40.7. The zero-order chi connectivity index (χ0) is 70.1. The first-order chi connectivity index (χ1) is 47.6. The van der Waals surface area contributed by atoms with Gasteiger partial charge in [0.15, 0.2) is 12.6 Å². The SMILES string of the molecule is CC/C=C\C/C=C\C/C=C\C/C=C\C/C=C\C/C=C\CCCCCCCCCCCCCCCCC(=O)NC(COC1OC(CO)C(OC2OC(CO)C(O)C(O)C2O)C(O)C1O)C(O)CCCCCCCCCCCCCCCCCCCCCCCCCCCCCCCC. The highest BCUT2D eigenvalue weighted by Gasteiger charge is 2.51. The molecule has 97 heavy (non-hydrogen) atoms. The summed E-state index contributed by atoms with van der Waals surface area (Å²) in [6, 6.07) is -0.834. The van der Waals surface area contributed by atoms with Crippen LogP contribution in [-0.4, -0.2) is 140 Å². The summed E-state index contributed by atoms with van der Waals surface area (Å²) < 4.78 is 23.0. The Morgan fingerprint density at radius 2 is 0.711 bits per heavy atom. The van der Waals surface area contributed by atoms with E-state index in [0.717, 1.165) is 89.9 Å². The average molecular weight is 1370 g/mol. The molecule has 2 rings (SSSR count). The molecule has 0 bridgehead atoms. The topological polar surface area (TPSA) is 228 Å². The number of ether oxygens (including phenoxy) is 4. The predicted octanol–water partition coefficient (Wildman–Crippen LogP) is 18.5. The molecule has 12 unspecified atom stereocenters. The monoisotopic (exact) mass is 1370 g/mol. The van der Waals surface area contributed by atoms with E-state index in [-0.39, 0.29) is 12.5 Å². The van der Waals surface area contributed by atoms with Gasteiger partial charge >= 0.3 is 0 Å². The lowest BCUT2D eigenvalue weighted by atomic mass is 9.97. The summed E-state index contributed by atoms with van der Waals surface area (Å²) in [4.78, 5) is 13.4. The highest BCUT2D eigenvalue weighted by molar-refractivity contribution is 5.76. The Bertz CT molecular complexity index is 1910. The number of rotatable bonds is 68. The van der Waals surface area contributed by atoms with Gasteiger partial charge in [0.1, 0.15) is 48.8 Å². The summed E-state index contributed by atoms with van der Waals surface area (Å²) in [7, 11) is 0. The molecule has 2 aliphatic rings. The van der Waals surface area contributed by atoms with Gasteiger partial charge in [0.25, 0.3) is 0 Å². The Labute approximate surface area is 593 Å². The lowest BCUT2D eigenvalue weighted by molar-refractivity contribution is -0.359. The first-order valence-electron chi connectivity index (χ1n) is 40.7. The van der Waals surface area contributed by atoms with Crippen molar-refractivity contribution in [2.45, 2.75) is 428 Å². The minimum absolute atomic E-state index is 0.204. The van der Waals surface area contributed by atoms with E-state index >= 15 is 0 Å². The van der Waals surface area contributed by atoms with Gasteiger partial charge in [-0.05, 0) is 64.2 Å². The maximum atomic E-state index is 13.4. The van der Waals surface area contributed by atoms with Crippen molar-refractivity contribution in [1.29, 1.82) is 0 Å². The maximum absolute atomic E-state index is 13.4. The van der Waals surface area contributed by atoms with Crippen LogP contribution in [0.2, 0.25) is 0 Å². The quantitative estimate of drug-likeness (QED) is 0.0204. The van der Waals surface area contributed by atoms with Crippen molar-refractivity contribution in [3.8, 4) is 0 Å². The van der Waals surface area contributed by atoms with E-state index in [2.05, 4.69) is 92.1 Å². The fourth-order valence-electron chi connectivity index (χ4n) is 13.3. The lowest BCUT2D eigenvalue weighted by Crippen LogP contribution is -2.65. The summed E-state index contributed by atoms with van der Waals surface area (Å²) in [6.07, 6.45) is 75.1. The summed E-state index contributed by atoms with van der Waals surface area (Å²) in [5, 5.41) is 87.9. The van der Waals surface area contributed by atoms with E-state index in [4.69, 9.17) is 18.9 Å². The number of amides is 1. The molecule has 0 spiro atoms. The Kier molecular flexibility index (Phi) is 62.2. The van der Waals surface area contributed by atoms with Gasteiger partial charge in [-0.15, -0.1) is 0 Å². The molecule has 2 aliphatic heterocycles. The van der Waals surface area contributed by atoms with Gasteiger partial charge in [0, 0.05) is 6.42 Å². The molecular formula is C83H151NO13. The van der Waals surface area contributed by atoms with E-state index in [0.29, 0.717) is 12.8 Å². The Hall–Kier alpha value is -2.57. The van der Waals surface area contributed by atoms with Gasteiger partial charge in [-0.3, -0.25) is 4.79 Å². The standard InChI is InChI=1S/C83H151NO13/c1-3-5-7-9-11-13-15-17-19-21-23-25-27-29-31-33-35-36-37-39-41-43-45-47-49-51-53-55-57-59-61-63-65-67-75(88)84-71(70-94-82-80(93)78(91)81(74(69-86)96-82)97-83-79(92)77(90)76(89)73(68-85)95-83)72(87)66-64-62-60-58-56-54-52-50-48-46-44-42-40-38-34-32-30-28-26-24-22-20-18-16-14-12-10-8-6-4-2/h5,7,11,13,17,19,23,25,29,31,35-36,71-74,76-83,85-87,89-93H,3-4,6,8-10,12,14-16,18,20-22,24,26-28,30,32-34,37-70H2,1-2H3,(H,84,88)/b7-5-,13-11-,19-17-,25-23-,31-29-,36-35-. The summed E-state index contributed by atoms with van der Waals surface area (Å²) >= 11 is 0. The van der Waals surface area contributed by atoms with Crippen LogP contribution in [0.25, 0.3) is 0 Å². The normalized spacial score (nSPS) is 22.5. The van der Waals surface area contributed by atoms with Crippen molar-refractivity contribution in [3.05, 3.63) is 72.9 Å². The molecule has 566 valence electrons. The number of unbranched alkanes of at least 4 members (excludes halogenated alkanes) is 43. The Morgan fingerprint density at radius 3 is 1.09 bits per heavy atom. The average Bonchev–Trinajstić information content (AvgIpc) is 0.794. The number of allylic oxidation sites excluding steroid dienone is 12. The first kappa shape index (κ1) is 90.5. The largest absolute Gasteiger partial charge is 0.394 e. The molecule has 0 aliphatic carbocycles. The minimum Gasteiger partial charge on any atom is -0.394 e. The van der Waals surface area contributed by atoms with Gasteiger partial charge in [-0.25, -0.2) is 0 Å². The van der Waals surface area contributed by atoms with Crippen molar-refractivity contribution in [2.75, 3.05) is 19.8 Å². The van der Waals surface area contributed by atoms with Gasteiger partial charge in [0.2, 0.25) is 5.91 Å². The molecule has 2 fully saturated rings. The van der Waals surface area contributed by atoms with Gasteiger partial charge in [-0.2, -0.15) is 0 Å². The van der Waals surface area contributed by atoms with E-state index in [1.54, 1.807) is 0 Å². The number of aliphatic hydroxyl groups is 8. The van der Waals surface area contributed by atoms with Crippen molar-refractivity contribution in [2.24, 2.45) is 0 Å². The van der Waals surface area contributed by atoms with Crippen LogP contribution in [-0.2, 0) is 23.7 Å². The van der Waals surface area contributed by atoms with Crippen molar-refractivity contribution >= 4 is 5.91 Å². The van der Waals surface area contributed by atoms with E-state index in [9.17, 15) is 45.6 Å². The highest BCUT2D eigenvalue weighted by atomic mass is 16.7. The second kappa shape index (κ2) is 66.7. The second-order valence-electron chi connectivity index (χ2n) is 28.5. The zero-order valence-corrected chi connectivity index (χ0v) is 62.1. The number of carbonyl (C=O) groups is 1. The highest BCUT2D eigenvalue weighted by Crippen LogP contribution is 2.30. The third-order valence-electron chi connectivity index (χ3n) is 19.7. The number of nitrogens with one attached hydrogen (secondary N) is 1. The second-order valence-corrected chi connectivity index (χ2v) is 28.5. The summed E-state index contributed by atoms with van der Waals surface area (Å²) in [5.41, 5.74) is 0. The molecular weight excluding hydrogens is 1220 g/mol. The molecule has 0 saturated carbocycles. The van der Waals surface area contributed by atoms with Gasteiger partial charge in [-0.1, -0.05) is 356 Å². The van der Waals surface area contributed by atoms with Crippen LogP contribution < -0.4 is 5.32 Å². The van der Waals surface area contributed by atoms with Crippen molar-refractivity contribution < 1.29 is 64.6 Å². The zero-order valence-electron chi connectivity index (χ0n) is 62.1. The molecule has 1 amide bonds. The molecule has 9 N–H and O–H groups in total. The van der Waals surface area contributed by atoms with Gasteiger partial charge < -0.3 is 65.1 Å². The van der Waals surface area contributed by atoms with Crippen LogP contribution in [0.15, 0.2) is 72.9 Å². The predicted molar refractivity (Wildman–Crippen MR) is 401 cm³/mol. The number of carbonyl (C=O) groups excluding carboxylic acids is 1.